The molecule has 1 aromatic carbocycles. The van der Waals surface area contributed by atoms with E-state index in [2.05, 4.69) is 10.3 Å². The van der Waals surface area contributed by atoms with Crippen molar-refractivity contribution in [3.63, 3.8) is 0 Å². The summed E-state index contributed by atoms with van der Waals surface area (Å²) in [4.78, 5) is 14.5. The first-order valence-corrected chi connectivity index (χ1v) is 6.21. The van der Waals surface area contributed by atoms with Crippen LogP contribution in [0.15, 0.2) is 36.5 Å². The van der Waals surface area contributed by atoms with E-state index in [-0.39, 0.29) is 12.5 Å². The van der Waals surface area contributed by atoms with Crippen molar-refractivity contribution in [3.05, 3.63) is 58.9 Å². The quantitative estimate of drug-likeness (QED) is 0.788. The number of aliphatic hydroxyl groups excluding tert-OH is 1. The van der Waals surface area contributed by atoms with E-state index in [1.54, 1.807) is 0 Å². The van der Waals surface area contributed by atoms with Gasteiger partial charge < -0.3 is 15.4 Å². The Balaban J connectivity index is 1.95. The summed E-state index contributed by atoms with van der Waals surface area (Å²) < 4.78 is 0. The summed E-state index contributed by atoms with van der Waals surface area (Å²) >= 11 is 0. The Kier molecular flexibility index (Phi) is 4.18. The summed E-state index contributed by atoms with van der Waals surface area (Å²) in [5.74, 6) is -0.325. The van der Waals surface area contributed by atoms with Gasteiger partial charge >= 0.3 is 0 Å². The SMILES string of the molecule is Cc1cccc(C(O)CNC(=O)c2c[nH]c(C#N)c2)c1. The Labute approximate surface area is 116 Å². The number of carbonyl (C=O) groups is 1. The van der Waals surface area contributed by atoms with Crippen molar-refractivity contribution in [2.75, 3.05) is 6.54 Å². The van der Waals surface area contributed by atoms with Crippen LogP contribution in [0.4, 0.5) is 0 Å². The van der Waals surface area contributed by atoms with Crippen molar-refractivity contribution in [1.82, 2.24) is 10.3 Å². The Hall–Kier alpha value is -2.58. The minimum absolute atomic E-state index is 0.120. The number of hydrogen-bond donors (Lipinski definition) is 3. The van der Waals surface area contributed by atoms with Crippen molar-refractivity contribution in [1.29, 1.82) is 5.26 Å². The van der Waals surface area contributed by atoms with Crippen LogP contribution in [0, 0.1) is 18.3 Å². The third kappa shape index (κ3) is 3.25. The molecule has 3 N–H and O–H groups in total. The lowest BCUT2D eigenvalue weighted by atomic mass is 10.1. The number of hydrogen-bond acceptors (Lipinski definition) is 3. The summed E-state index contributed by atoms with van der Waals surface area (Å²) in [5.41, 5.74) is 2.52. The summed E-state index contributed by atoms with van der Waals surface area (Å²) in [6.07, 6.45) is 0.709. The molecule has 5 nitrogen and oxygen atoms in total. The smallest absolute Gasteiger partial charge is 0.252 e. The van der Waals surface area contributed by atoms with E-state index in [0.29, 0.717) is 11.3 Å². The highest BCUT2D eigenvalue weighted by Crippen LogP contribution is 2.13. The van der Waals surface area contributed by atoms with Crippen molar-refractivity contribution < 1.29 is 9.90 Å². The Morgan fingerprint density at radius 2 is 2.30 bits per heavy atom. The summed E-state index contributed by atoms with van der Waals surface area (Å²) in [6.45, 7) is 2.06. The monoisotopic (exact) mass is 269 g/mol. The summed E-state index contributed by atoms with van der Waals surface area (Å²) in [7, 11) is 0. The van der Waals surface area contributed by atoms with Gasteiger partial charge in [-0.25, -0.2) is 0 Å². The van der Waals surface area contributed by atoms with Crippen LogP contribution in [0.5, 0.6) is 0 Å². The van der Waals surface area contributed by atoms with Crippen molar-refractivity contribution in [2.45, 2.75) is 13.0 Å². The molecule has 1 atom stereocenters. The van der Waals surface area contributed by atoms with E-state index in [9.17, 15) is 9.90 Å². The number of carbonyl (C=O) groups excluding carboxylic acids is 1. The highest BCUT2D eigenvalue weighted by Gasteiger charge is 2.12. The van der Waals surface area contributed by atoms with Gasteiger partial charge in [-0.1, -0.05) is 29.8 Å². The summed E-state index contributed by atoms with van der Waals surface area (Å²) in [6, 6.07) is 10.9. The molecule has 0 radical (unpaired) electrons. The molecular formula is C15H15N3O2. The molecule has 0 fully saturated rings. The molecule has 0 spiro atoms. The highest BCUT2D eigenvalue weighted by molar-refractivity contribution is 5.94. The normalized spacial score (nSPS) is 11.7. The molecule has 0 saturated carbocycles. The molecule has 1 heterocycles. The maximum absolute atomic E-state index is 11.8. The Bertz CT molecular complexity index is 655. The molecule has 20 heavy (non-hydrogen) atoms. The van der Waals surface area contributed by atoms with E-state index in [1.807, 2.05) is 37.3 Å². The molecule has 0 aliphatic rings. The molecule has 102 valence electrons. The zero-order valence-electron chi connectivity index (χ0n) is 11.1. The average molecular weight is 269 g/mol. The van der Waals surface area contributed by atoms with Gasteiger partial charge in [0.2, 0.25) is 0 Å². The number of nitriles is 1. The summed E-state index contributed by atoms with van der Waals surface area (Å²) in [5, 5.41) is 21.3. The molecule has 1 amide bonds. The molecule has 0 aliphatic carbocycles. The third-order valence-corrected chi connectivity index (χ3v) is 2.95. The molecule has 5 heteroatoms. The van der Waals surface area contributed by atoms with Crippen LogP contribution < -0.4 is 5.32 Å². The van der Waals surface area contributed by atoms with E-state index in [4.69, 9.17) is 5.26 Å². The van der Waals surface area contributed by atoms with Gasteiger partial charge in [0.15, 0.2) is 0 Å². The number of amides is 1. The molecular weight excluding hydrogens is 254 g/mol. The largest absolute Gasteiger partial charge is 0.387 e. The van der Waals surface area contributed by atoms with E-state index in [0.717, 1.165) is 11.1 Å². The van der Waals surface area contributed by atoms with Crippen molar-refractivity contribution >= 4 is 5.91 Å². The zero-order chi connectivity index (χ0) is 14.5. The fraction of sp³-hybridized carbons (Fsp3) is 0.200. The zero-order valence-corrected chi connectivity index (χ0v) is 11.1. The lowest BCUT2D eigenvalue weighted by Crippen LogP contribution is -2.28. The first kappa shape index (κ1) is 13.8. The van der Waals surface area contributed by atoms with Crippen LogP contribution in [0.2, 0.25) is 0 Å². The number of aromatic nitrogens is 1. The standard InChI is InChI=1S/C15H15N3O2/c1-10-3-2-4-11(5-10)14(19)9-18-15(20)12-6-13(7-16)17-8-12/h2-6,8,14,17,19H,9H2,1H3,(H,18,20). The maximum atomic E-state index is 11.8. The second-order valence-electron chi connectivity index (χ2n) is 4.55. The second-order valence-corrected chi connectivity index (χ2v) is 4.55. The molecule has 0 aliphatic heterocycles. The van der Waals surface area contributed by atoms with Gasteiger partial charge in [0, 0.05) is 12.7 Å². The van der Waals surface area contributed by atoms with E-state index >= 15 is 0 Å². The van der Waals surface area contributed by atoms with Crippen molar-refractivity contribution in [2.24, 2.45) is 0 Å². The Morgan fingerprint density at radius 3 is 2.95 bits per heavy atom. The number of nitrogens with one attached hydrogen (secondary N) is 2. The molecule has 1 unspecified atom stereocenters. The third-order valence-electron chi connectivity index (χ3n) is 2.95. The van der Waals surface area contributed by atoms with Gasteiger partial charge in [0.05, 0.1) is 11.7 Å². The van der Waals surface area contributed by atoms with E-state index < -0.39 is 6.10 Å². The Morgan fingerprint density at radius 1 is 1.50 bits per heavy atom. The number of benzene rings is 1. The lowest BCUT2D eigenvalue weighted by molar-refractivity contribution is 0.0916. The predicted octanol–water partition coefficient (Wildman–Crippen LogP) is 1.66. The van der Waals surface area contributed by atoms with Crippen LogP contribution >= 0.6 is 0 Å². The van der Waals surface area contributed by atoms with Gasteiger partial charge in [0.25, 0.3) is 5.91 Å². The van der Waals surface area contributed by atoms with Gasteiger partial charge in [-0.3, -0.25) is 4.79 Å². The lowest BCUT2D eigenvalue weighted by Gasteiger charge is -2.12. The fourth-order valence-corrected chi connectivity index (χ4v) is 1.88. The average Bonchev–Trinajstić information content (AvgIpc) is 2.93. The molecule has 1 aromatic heterocycles. The van der Waals surface area contributed by atoms with Crippen LogP contribution in [-0.2, 0) is 0 Å². The van der Waals surface area contributed by atoms with Crippen LogP contribution in [-0.4, -0.2) is 22.5 Å². The molecule has 0 bridgehead atoms. The van der Waals surface area contributed by atoms with Gasteiger partial charge in [0.1, 0.15) is 11.8 Å². The number of aromatic amines is 1. The van der Waals surface area contributed by atoms with Gasteiger partial charge in [-0.15, -0.1) is 0 Å². The van der Waals surface area contributed by atoms with Gasteiger partial charge in [-0.05, 0) is 18.6 Å². The number of aryl methyl sites for hydroxylation is 1. The number of aliphatic hydroxyl groups is 1. The minimum Gasteiger partial charge on any atom is -0.387 e. The fourth-order valence-electron chi connectivity index (χ4n) is 1.88. The first-order chi connectivity index (χ1) is 9.60. The molecule has 2 rings (SSSR count). The second kappa shape index (κ2) is 6.04. The van der Waals surface area contributed by atoms with E-state index in [1.165, 1.54) is 12.3 Å². The van der Waals surface area contributed by atoms with Crippen LogP contribution in [0.25, 0.3) is 0 Å². The van der Waals surface area contributed by atoms with Crippen LogP contribution in [0.1, 0.15) is 33.3 Å². The van der Waals surface area contributed by atoms with Gasteiger partial charge in [-0.2, -0.15) is 5.26 Å². The van der Waals surface area contributed by atoms with Crippen LogP contribution in [0.3, 0.4) is 0 Å². The topological polar surface area (TPSA) is 88.9 Å². The minimum atomic E-state index is -0.756. The predicted molar refractivity (Wildman–Crippen MR) is 74.0 cm³/mol. The maximum Gasteiger partial charge on any atom is 0.252 e. The number of H-pyrrole nitrogens is 1. The highest BCUT2D eigenvalue weighted by atomic mass is 16.3. The molecule has 2 aromatic rings. The number of nitrogens with zero attached hydrogens (tertiary/aromatic N) is 1. The first-order valence-electron chi connectivity index (χ1n) is 6.21. The number of rotatable bonds is 4. The molecule has 0 saturated heterocycles. The van der Waals surface area contributed by atoms with Crippen molar-refractivity contribution in [3.8, 4) is 6.07 Å².